The fourth-order valence-electron chi connectivity index (χ4n) is 2.91. The maximum Gasteiger partial charge on any atom is 0.335 e. The van der Waals surface area contributed by atoms with Gasteiger partial charge in [0.05, 0.1) is 6.10 Å². The molecule has 0 aliphatic rings. The SMILES string of the molecule is O=C(O)C(O)C(O)C(O)C(O)C(O)C(O)C(O)C(O)C(O)CCCCCCCCO. The van der Waals surface area contributed by atoms with Crippen LogP contribution in [0.1, 0.15) is 44.9 Å². The van der Waals surface area contributed by atoms with E-state index in [1.54, 1.807) is 0 Å². The topological polar surface area (TPSA) is 240 Å². The Morgan fingerprint density at radius 1 is 0.533 bits per heavy atom. The third-order valence-electron chi connectivity index (χ3n) is 4.98. The minimum absolute atomic E-state index is 0.0791. The van der Waals surface area contributed by atoms with Gasteiger partial charge in [0, 0.05) is 6.61 Å². The summed E-state index contributed by atoms with van der Waals surface area (Å²) in [4.78, 5) is 10.6. The molecule has 0 aromatic carbocycles. The van der Waals surface area contributed by atoms with Crippen molar-refractivity contribution < 1.29 is 61.0 Å². The average Bonchev–Trinajstić information content (AvgIpc) is 2.73. The van der Waals surface area contributed by atoms with Crippen LogP contribution in [0.25, 0.3) is 0 Å². The maximum atomic E-state index is 10.6. The lowest BCUT2D eigenvalue weighted by atomic mass is 9.90. The first-order valence-corrected chi connectivity index (χ1v) is 9.93. The van der Waals surface area contributed by atoms with Gasteiger partial charge in [-0.2, -0.15) is 0 Å². The van der Waals surface area contributed by atoms with Gasteiger partial charge < -0.3 is 56.2 Å². The molecule has 0 aromatic rings. The number of aliphatic hydroxyl groups is 10. The Bertz CT molecular complexity index is 464. The van der Waals surface area contributed by atoms with E-state index in [1.165, 1.54) is 0 Å². The van der Waals surface area contributed by atoms with Crippen LogP contribution in [-0.2, 0) is 4.79 Å². The molecule has 0 saturated heterocycles. The summed E-state index contributed by atoms with van der Waals surface area (Å²) in [5.41, 5.74) is 0. The normalized spacial score (nSPS) is 21.1. The number of carbonyl (C=O) groups is 1. The Kier molecular flexibility index (Phi) is 14.5. The van der Waals surface area contributed by atoms with Crippen molar-refractivity contribution in [3.63, 3.8) is 0 Å². The van der Waals surface area contributed by atoms with E-state index in [2.05, 4.69) is 0 Å². The number of aliphatic carboxylic acids is 1. The van der Waals surface area contributed by atoms with Crippen LogP contribution >= 0.6 is 0 Å². The number of hydrogen-bond acceptors (Lipinski definition) is 11. The second-order valence-corrected chi connectivity index (χ2v) is 7.42. The summed E-state index contributed by atoms with van der Waals surface area (Å²) in [7, 11) is 0. The quantitative estimate of drug-likeness (QED) is 0.0963. The zero-order valence-corrected chi connectivity index (χ0v) is 16.7. The van der Waals surface area contributed by atoms with Crippen molar-refractivity contribution >= 4 is 5.97 Å². The third-order valence-corrected chi connectivity index (χ3v) is 4.98. The monoisotopic (exact) mass is 444 g/mol. The fourth-order valence-corrected chi connectivity index (χ4v) is 2.91. The van der Waals surface area contributed by atoms with Crippen molar-refractivity contribution in [3.8, 4) is 0 Å². The average molecular weight is 444 g/mol. The number of aliphatic hydroxyl groups excluding tert-OH is 10. The molecule has 12 nitrogen and oxygen atoms in total. The van der Waals surface area contributed by atoms with Crippen molar-refractivity contribution in [3.05, 3.63) is 0 Å². The van der Waals surface area contributed by atoms with E-state index in [4.69, 9.17) is 15.3 Å². The highest BCUT2D eigenvalue weighted by atomic mass is 16.4. The zero-order valence-electron chi connectivity index (χ0n) is 16.7. The van der Waals surface area contributed by atoms with Crippen LogP contribution in [0.15, 0.2) is 0 Å². The minimum Gasteiger partial charge on any atom is -0.479 e. The predicted octanol–water partition coefficient (Wildman–Crippen LogP) is -3.96. The Labute approximate surface area is 174 Å². The van der Waals surface area contributed by atoms with Crippen molar-refractivity contribution in [2.75, 3.05) is 6.61 Å². The summed E-state index contributed by atoms with van der Waals surface area (Å²) in [6.45, 7) is 0.127. The predicted molar refractivity (Wildman–Crippen MR) is 101 cm³/mol. The van der Waals surface area contributed by atoms with Crippen molar-refractivity contribution in [2.45, 2.75) is 99.9 Å². The van der Waals surface area contributed by atoms with Crippen LogP contribution in [0, 0.1) is 0 Å². The molecule has 9 unspecified atom stereocenters. The summed E-state index contributed by atoms with van der Waals surface area (Å²) in [6.07, 6.45) is -15.2. The first-order valence-electron chi connectivity index (χ1n) is 9.93. The summed E-state index contributed by atoms with van der Waals surface area (Å²) in [5.74, 6) is -1.91. The van der Waals surface area contributed by atoms with Crippen molar-refractivity contribution in [1.29, 1.82) is 0 Å². The van der Waals surface area contributed by atoms with Gasteiger partial charge in [-0.1, -0.05) is 32.1 Å². The zero-order chi connectivity index (χ0) is 23.4. The molecule has 30 heavy (non-hydrogen) atoms. The molecule has 12 heteroatoms. The molecule has 11 N–H and O–H groups in total. The first kappa shape index (κ1) is 29.1. The lowest BCUT2D eigenvalue weighted by Crippen LogP contribution is -2.57. The van der Waals surface area contributed by atoms with Gasteiger partial charge >= 0.3 is 5.97 Å². The highest BCUT2D eigenvalue weighted by molar-refractivity contribution is 5.72. The van der Waals surface area contributed by atoms with Crippen molar-refractivity contribution in [2.24, 2.45) is 0 Å². The van der Waals surface area contributed by atoms with Gasteiger partial charge in [-0.15, -0.1) is 0 Å². The largest absolute Gasteiger partial charge is 0.479 e. The second kappa shape index (κ2) is 15.0. The van der Waals surface area contributed by atoms with Gasteiger partial charge in [-0.05, 0) is 12.8 Å². The van der Waals surface area contributed by atoms with Gasteiger partial charge in [0.1, 0.15) is 42.7 Å². The number of unbranched alkanes of at least 4 members (excludes halogenated alkanes) is 5. The molecular formula is C18H36O12. The molecule has 0 aliphatic heterocycles. The molecule has 0 bridgehead atoms. The second-order valence-electron chi connectivity index (χ2n) is 7.42. The van der Waals surface area contributed by atoms with Crippen LogP contribution in [0.4, 0.5) is 0 Å². The number of carboxylic acid groups (broad SMARTS) is 1. The smallest absolute Gasteiger partial charge is 0.335 e. The molecule has 0 fully saturated rings. The highest BCUT2D eigenvalue weighted by Gasteiger charge is 2.43. The Hall–Kier alpha value is -0.930. The summed E-state index contributed by atoms with van der Waals surface area (Å²) in [6, 6.07) is 0. The maximum absolute atomic E-state index is 10.6. The number of rotatable bonds is 17. The van der Waals surface area contributed by atoms with Crippen LogP contribution in [0.5, 0.6) is 0 Å². The number of carboxylic acids is 1. The van der Waals surface area contributed by atoms with Gasteiger partial charge in [0.25, 0.3) is 0 Å². The third kappa shape index (κ3) is 9.47. The van der Waals surface area contributed by atoms with Gasteiger partial charge in [0.15, 0.2) is 6.10 Å². The summed E-state index contributed by atoms with van der Waals surface area (Å²) >= 11 is 0. The van der Waals surface area contributed by atoms with E-state index in [-0.39, 0.29) is 13.0 Å². The first-order chi connectivity index (χ1) is 14.0. The molecule has 9 atom stereocenters. The van der Waals surface area contributed by atoms with E-state index < -0.39 is 60.9 Å². The van der Waals surface area contributed by atoms with Gasteiger partial charge in [0.2, 0.25) is 0 Å². The lowest BCUT2D eigenvalue weighted by molar-refractivity contribution is -0.189. The molecular weight excluding hydrogens is 408 g/mol. The van der Waals surface area contributed by atoms with E-state index in [0.717, 1.165) is 25.7 Å². The van der Waals surface area contributed by atoms with Crippen LogP contribution in [-0.4, -0.2) is 124 Å². The van der Waals surface area contributed by atoms with Crippen LogP contribution < -0.4 is 0 Å². The standard InChI is InChI=1S/C18H36O12/c19-8-6-4-2-1-3-5-7-9(20)10(21)11(22)12(23)13(24)14(25)15(26)16(27)17(28)18(29)30/h9-17,19-28H,1-8H2,(H,29,30). The Morgan fingerprint density at radius 2 is 0.900 bits per heavy atom. The molecule has 0 radical (unpaired) electrons. The van der Waals surface area contributed by atoms with Gasteiger partial charge in [-0.3, -0.25) is 0 Å². The lowest BCUT2D eigenvalue weighted by Gasteiger charge is -2.33. The van der Waals surface area contributed by atoms with Crippen LogP contribution in [0.3, 0.4) is 0 Å². The molecule has 0 heterocycles. The molecule has 0 saturated carbocycles. The van der Waals surface area contributed by atoms with Crippen LogP contribution in [0.2, 0.25) is 0 Å². The molecule has 0 spiro atoms. The Balaban J connectivity index is 4.58. The fraction of sp³-hybridized carbons (Fsp3) is 0.944. The van der Waals surface area contributed by atoms with Gasteiger partial charge in [-0.25, -0.2) is 4.79 Å². The van der Waals surface area contributed by atoms with E-state index in [9.17, 15) is 45.6 Å². The molecule has 0 aliphatic carbocycles. The highest BCUT2D eigenvalue weighted by Crippen LogP contribution is 2.18. The summed E-state index contributed by atoms with van der Waals surface area (Å²) in [5, 5.41) is 105. The molecule has 0 amide bonds. The molecule has 180 valence electrons. The minimum atomic E-state index is -2.49. The van der Waals surface area contributed by atoms with E-state index in [0.29, 0.717) is 12.8 Å². The molecule has 0 rings (SSSR count). The summed E-state index contributed by atoms with van der Waals surface area (Å²) < 4.78 is 0. The molecule has 0 aromatic heterocycles. The van der Waals surface area contributed by atoms with E-state index in [1.807, 2.05) is 0 Å². The number of hydrogen-bond donors (Lipinski definition) is 11. The van der Waals surface area contributed by atoms with Crippen molar-refractivity contribution in [1.82, 2.24) is 0 Å². The Morgan fingerprint density at radius 3 is 1.33 bits per heavy atom. The van der Waals surface area contributed by atoms with E-state index >= 15 is 0 Å².